The van der Waals surface area contributed by atoms with Crippen molar-refractivity contribution >= 4 is 5.91 Å². The molecule has 1 fully saturated rings. The fourth-order valence-electron chi connectivity index (χ4n) is 3.51. The van der Waals surface area contributed by atoms with Gasteiger partial charge >= 0.3 is 0 Å². The van der Waals surface area contributed by atoms with Crippen LogP contribution in [0.15, 0.2) is 63.9 Å². The highest BCUT2D eigenvalue weighted by Crippen LogP contribution is 2.31. The first-order valence-electron chi connectivity index (χ1n) is 9.19. The monoisotopic (exact) mass is 363 g/mol. The first kappa shape index (κ1) is 17.3. The number of carbonyl (C=O) groups excluding carboxylic acids is 1. The van der Waals surface area contributed by atoms with E-state index >= 15 is 0 Å². The van der Waals surface area contributed by atoms with Gasteiger partial charge in [-0.25, -0.2) is 4.98 Å². The number of hydrogen-bond donors (Lipinski definition) is 1. The molecule has 2 aromatic heterocycles. The maximum Gasteiger partial charge on any atom is 0.271 e. The Kier molecular flexibility index (Phi) is 4.87. The topological polar surface area (TPSA) is 79.2 Å². The van der Waals surface area contributed by atoms with Gasteiger partial charge in [-0.1, -0.05) is 36.4 Å². The number of aromatic amines is 1. The maximum absolute atomic E-state index is 12.9. The van der Waals surface area contributed by atoms with Crippen LogP contribution in [0.5, 0.6) is 0 Å². The zero-order chi connectivity index (χ0) is 18.6. The Bertz CT molecular complexity index is 977. The molecule has 3 heterocycles. The second kappa shape index (κ2) is 7.61. The van der Waals surface area contributed by atoms with Crippen molar-refractivity contribution in [1.29, 1.82) is 0 Å². The van der Waals surface area contributed by atoms with Gasteiger partial charge in [0.15, 0.2) is 0 Å². The lowest BCUT2D eigenvalue weighted by Gasteiger charge is -2.33. The highest BCUT2D eigenvalue weighted by Gasteiger charge is 2.32. The zero-order valence-corrected chi connectivity index (χ0v) is 14.9. The van der Waals surface area contributed by atoms with E-state index in [9.17, 15) is 9.59 Å². The minimum Gasteiger partial charge on any atom is -0.443 e. The van der Waals surface area contributed by atoms with Crippen LogP contribution in [0.2, 0.25) is 0 Å². The summed E-state index contributed by atoms with van der Waals surface area (Å²) in [6.07, 6.45) is 5.14. The van der Waals surface area contributed by atoms with Crippen molar-refractivity contribution in [2.75, 3.05) is 6.54 Å². The third-order valence-electron chi connectivity index (χ3n) is 4.84. The van der Waals surface area contributed by atoms with Crippen LogP contribution in [0.25, 0.3) is 0 Å². The maximum atomic E-state index is 12.9. The van der Waals surface area contributed by atoms with Crippen LogP contribution >= 0.6 is 0 Å². The van der Waals surface area contributed by atoms with Crippen LogP contribution in [0.4, 0.5) is 0 Å². The number of benzene rings is 1. The van der Waals surface area contributed by atoms with Crippen molar-refractivity contribution in [2.24, 2.45) is 0 Å². The van der Waals surface area contributed by atoms with Crippen LogP contribution in [0, 0.1) is 0 Å². The van der Waals surface area contributed by atoms with Gasteiger partial charge in [0, 0.05) is 19.0 Å². The fraction of sp³-hybridized carbons (Fsp3) is 0.286. The Morgan fingerprint density at radius 3 is 2.81 bits per heavy atom. The third kappa shape index (κ3) is 3.84. The average Bonchev–Trinajstić information content (AvgIpc) is 3.16. The predicted octanol–water partition coefficient (Wildman–Crippen LogP) is 3.32. The Morgan fingerprint density at radius 2 is 2.00 bits per heavy atom. The first-order chi connectivity index (χ1) is 13.2. The lowest BCUT2D eigenvalue weighted by molar-refractivity contribution is 0.0563. The van der Waals surface area contributed by atoms with Gasteiger partial charge < -0.3 is 14.3 Å². The summed E-state index contributed by atoms with van der Waals surface area (Å²) in [4.78, 5) is 33.3. The van der Waals surface area contributed by atoms with Crippen molar-refractivity contribution in [3.63, 3.8) is 0 Å². The molecule has 1 amide bonds. The molecule has 4 rings (SSSR count). The number of H-pyrrole nitrogens is 1. The van der Waals surface area contributed by atoms with E-state index in [-0.39, 0.29) is 17.5 Å². The van der Waals surface area contributed by atoms with Crippen LogP contribution in [-0.2, 0) is 6.42 Å². The molecule has 3 aromatic rings. The van der Waals surface area contributed by atoms with E-state index in [4.69, 9.17) is 4.42 Å². The second-order valence-corrected chi connectivity index (χ2v) is 6.77. The molecule has 0 aliphatic carbocycles. The molecule has 0 radical (unpaired) electrons. The number of pyridine rings is 1. The van der Waals surface area contributed by atoms with Crippen molar-refractivity contribution in [2.45, 2.75) is 31.7 Å². The minimum absolute atomic E-state index is 0.194. The van der Waals surface area contributed by atoms with Crippen molar-refractivity contribution in [3.05, 3.63) is 88.0 Å². The number of nitrogens with zero attached hydrogens (tertiary/aromatic N) is 2. The molecule has 1 N–H and O–H groups in total. The molecular weight excluding hydrogens is 342 g/mol. The summed E-state index contributed by atoms with van der Waals surface area (Å²) in [5, 5.41) is 0. The average molecular weight is 363 g/mol. The summed E-state index contributed by atoms with van der Waals surface area (Å²) in [6.45, 7) is 0.622. The Labute approximate surface area is 156 Å². The quantitative estimate of drug-likeness (QED) is 0.771. The minimum atomic E-state index is -0.282. The normalized spacial score (nSPS) is 17.0. The number of piperidine rings is 1. The van der Waals surface area contributed by atoms with Gasteiger partial charge in [0.1, 0.15) is 17.5 Å². The van der Waals surface area contributed by atoms with Crippen LogP contribution < -0.4 is 5.56 Å². The van der Waals surface area contributed by atoms with E-state index < -0.39 is 0 Å². The molecule has 27 heavy (non-hydrogen) atoms. The number of aromatic nitrogens is 2. The molecule has 0 spiro atoms. The van der Waals surface area contributed by atoms with E-state index in [1.54, 1.807) is 23.2 Å². The van der Waals surface area contributed by atoms with Gasteiger partial charge in [-0.05, 0) is 30.9 Å². The summed E-state index contributed by atoms with van der Waals surface area (Å²) in [5.41, 5.74) is 1.17. The van der Waals surface area contributed by atoms with E-state index in [0.717, 1.165) is 30.6 Å². The number of rotatable bonds is 4. The summed E-state index contributed by atoms with van der Waals surface area (Å²) >= 11 is 0. The number of likely N-dealkylation sites (tertiary alicyclic amines) is 1. The molecule has 0 bridgehead atoms. The SMILES string of the molecule is O=C(c1cccc(=O)[nH]1)N1CCCCC1c1ncc(Cc2ccccc2)o1. The summed E-state index contributed by atoms with van der Waals surface area (Å²) in [6, 6.07) is 14.5. The standard InChI is InChI=1S/C21H21N3O3/c25-19-11-6-9-17(23-19)21(26)24-12-5-4-10-18(24)20-22-14-16(27-20)13-15-7-2-1-3-8-15/h1-3,6-9,11,14,18H,4-5,10,12-13H2,(H,23,25). The summed E-state index contributed by atoms with van der Waals surface area (Å²) < 4.78 is 5.99. The lowest BCUT2D eigenvalue weighted by atomic mass is 10.0. The molecule has 1 aliphatic rings. The predicted molar refractivity (Wildman–Crippen MR) is 100 cm³/mol. The molecule has 138 valence electrons. The van der Waals surface area contributed by atoms with E-state index in [1.807, 2.05) is 30.3 Å². The Balaban J connectivity index is 1.56. The first-order valence-corrected chi connectivity index (χ1v) is 9.19. The summed E-state index contributed by atoms with van der Waals surface area (Å²) in [5.74, 6) is 1.15. The fourth-order valence-corrected chi connectivity index (χ4v) is 3.51. The van der Waals surface area contributed by atoms with Crippen LogP contribution in [0.3, 0.4) is 0 Å². The van der Waals surface area contributed by atoms with Crippen LogP contribution in [0.1, 0.15) is 53.0 Å². The van der Waals surface area contributed by atoms with Gasteiger partial charge in [0.05, 0.1) is 6.20 Å². The van der Waals surface area contributed by atoms with E-state index in [1.165, 1.54) is 6.07 Å². The zero-order valence-electron chi connectivity index (χ0n) is 14.9. The number of nitrogens with one attached hydrogen (secondary N) is 1. The van der Waals surface area contributed by atoms with Gasteiger partial charge in [0.2, 0.25) is 11.4 Å². The second-order valence-electron chi connectivity index (χ2n) is 6.77. The van der Waals surface area contributed by atoms with Gasteiger partial charge in [-0.3, -0.25) is 9.59 Å². The molecule has 6 nitrogen and oxygen atoms in total. The molecule has 1 saturated heterocycles. The van der Waals surface area contributed by atoms with Gasteiger partial charge in [-0.15, -0.1) is 0 Å². The molecule has 1 aliphatic heterocycles. The molecule has 1 unspecified atom stereocenters. The van der Waals surface area contributed by atoms with Crippen molar-refractivity contribution < 1.29 is 9.21 Å². The molecule has 1 aromatic carbocycles. The highest BCUT2D eigenvalue weighted by atomic mass is 16.4. The molecular formula is C21H21N3O3. The smallest absolute Gasteiger partial charge is 0.271 e. The summed E-state index contributed by atoms with van der Waals surface area (Å²) in [7, 11) is 0. The lowest BCUT2D eigenvalue weighted by Crippen LogP contribution is -2.39. The van der Waals surface area contributed by atoms with E-state index in [2.05, 4.69) is 9.97 Å². The molecule has 1 atom stereocenters. The number of amides is 1. The van der Waals surface area contributed by atoms with Gasteiger partial charge in [0.25, 0.3) is 5.91 Å². The Hall–Kier alpha value is -3.15. The van der Waals surface area contributed by atoms with E-state index in [0.29, 0.717) is 24.6 Å². The van der Waals surface area contributed by atoms with Crippen molar-refractivity contribution in [1.82, 2.24) is 14.9 Å². The van der Waals surface area contributed by atoms with Crippen molar-refractivity contribution in [3.8, 4) is 0 Å². The Morgan fingerprint density at radius 1 is 1.15 bits per heavy atom. The molecule has 6 heteroatoms. The van der Waals surface area contributed by atoms with Crippen LogP contribution in [-0.4, -0.2) is 27.3 Å². The number of hydrogen-bond acceptors (Lipinski definition) is 4. The third-order valence-corrected chi connectivity index (χ3v) is 4.84. The number of carbonyl (C=O) groups is 1. The highest BCUT2D eigenvalue weighted by molar-refractivity contribution is 5.92. The van der Waals surface area contributed by atoms with Gasteiger partial charge in [-0.2, -0.15) is 0 Å². The molecule has 0 saturated carbocycles. The largest absolute Gasteiger partial charge is 0.443 e. The number of oxazole rings is 1.